The largest absolute Gasteiger partial charge is 0.353 e. The maximum atomic E-state index is 3.77. The highest BCUT2D eigenvalue weighted by molar-refractivity contribution is 5.63. The molecule has 1 heterocycles. The second-order valence-electron chi connectivity index (χ2n) is 1.55. The maximum absolute atomic E-state index is 3.77. The third-order valence-electron chi connectivity index (χ3n) is 1.06. The van der Waals surface area contributed by atoms with Gasteiger partial charge in [0.1, 0.15) is 6.54 Å². The fraction of sp³-hybridized carbons (Fsp3) is 0.750. The lowest BCUT2D eigenvalue weighted by molar-refractivity contribution is -0.631. The SMILES string of the molecule is CC[N+]1=CC1[NH3+]. The van der Waals surface area contributed by atoms with E-state index in [1.54, 1.807) is 0 Å². The molecule has 1 aliphatic heterocycles. The first-order valence-electron chi connectivity index (χ1n) is 2.28. The molecular weight excluding hydrogens is 76.1 g/mol. The van der Waals surface area contributed by atoms with Crippen LogP contribution in [0.2, 0.25) is 0 Å². The van der Waals surface area contributed by atoms with Crippen LogP contribution in [0.1, 0.15) is 6.92 Å². The van der Waals surface area contributed by atoms with Gasteiger partial charge >= 0.3 is 6.17 Å². The van der Waals surface area contributed by atoms with E-state index in [1.165, 1.54) is 0 Å². The Bertz CT molecular complexity index is 85.5. The minimum atomic E-state index is 0.523. The molecule has 0 bridgehead atoms. The molecule has 0 aromatic heterocycles. The van der Waals surface area contributed by atoms with Crippen LogP contribution in [0.5, 0.6) is 0 Å². The Morgan fingerprint density at radius 1 is 2.00 bits per heavy atom. The minimum Gasteiger partial charge on any atom is -0.291 e. The molecule has 0 saturated carbocycles. The molecule has 0 amide bonds. The molecule has 0 radical (unpaired) electrons. The van der Waals surface area contributed by atoms with Crippen molar-refractivity contribution in [2.75, 3.05) is 6.54 Å². The summed E-state index contributed by atoms with van der Waals surface area (Å²) in [5, 5.41) is 0. The summed E-state index contributed by atoms with van der Waals surface area (Å²) in [5.41, 5.74) is 3.77. The Morgan fingerprint density at radius 2 is 2.50 bits per heavy atom. The zero-order chi connectivity index (χ0) is 4.57. The van der Waals surface area contributed by atoms with E-state index in [9.17, 15) is 0 Å². The highest BCUT2D eigenvalue weighted by atomic mass is 15.2. The van der Waals surface area contributed by atoms with Gasteiger partial charge in [-0.3, -0.25) is 5.73 Å². The highest BCUT2D eigenvalue weighted by Gasteiger charge is 2.32. The average molecular weight is 86.1 g/mol. The van der Waals surface area contributed by atoms with Gasteiger partial charge in [-0.2, -0.15) is 4.58 Å². The van der Waals surface area contributed by atoms with Crippen LogP contribution in [0.3, 0.4) is 0 Å². The van der Waals surface area contributed by atoms with Gasteiger partial charge in [0.2, 0.25) is 0 Å². The molecule has 0 aromatic carbocycles. The summed E-state index contributed by atoms with van der Waals surface area (Å²) in [7, 11) is 0. The molecule has 1 aliphatic rings. The van der Waals surface area contributed by atoms with Crippen molar-refractivity contribution >= 4 is 6.21 Å². The van der Waals surface area contributed by atoms with Crippen LogP contribution in [0, 0.1) is 0 Å². The molecule has 0 saturated heterocycles. The molecule has 1 atom stereocenters. The fourth-order valence-corrected chi connectivity index (χ4v) is 0.522. The van der Waals surface area contributed by atoms with Crippen molar-refractivity contribution in [1.82, 2.24) is 0 Å². The third kappa shape index (κ3) is 0.431. The van der Waals surface area contributed by atoms with Crippen molar-refractivity contribution in [2.45, 2.75) is 13.1 Å². The summed E-state index contributed by atoms with van der Waals surface area (Å²) in [6, 6.07) is 0. The van der Waals surface area contributed by atoms with Crippen molar-refractivity contribution in [2.24, 2.45) is 0 Å². The quantitative estimate of drug-likeness (QED) is 0.383. The van der Waals surface area contributed by atoms with E-state index in [0.29, 0.717) is 6.17 Å². The van der Waals surface area contributed by atoms with E-state index < -0.39 is 0 Å². The lowest BCUT2D eigenvalue weighted by Crippen LogP contribution is -2.57. The van der Waals surface area contributed by atoms with Gasteiger partial charge in [0.25, 0.3) is 6.21 Å². The summed E-state index contributed by atoms with van der Waals surface area (Å²) in [6.45, 7) is 3.25. The Balaban J connectivity index is 2.23. The summed E-state index contributed by atoms with van der Waals surface area (Å²) in [5.74, 6) is 0. The first-order valence-corrected chi connectivity index (χ1v) is 2.28. The van der Waals surface area contributed by atoms with Gasteiger partial charge in [-0.05, 0) is 6.92 Å². The van der Waals surface area contributed by atoms with E-state index in [0.717, 1.165) is 6.54 Å². The van der Waals surface area contributed by atoms with Crippen LogP contribution in [-0.4, -0.2) is 23.5 Å². The van der Waals surface area contributed by atoms with Crippen LogP contribution in [0.25, 0.3) is 0 Å². The molecule has 0 fully saturated rings. The molecule has 34 valence electrons. The van der Waals surface area contributed by atoms with Gasteiger partial charge in [0.15, 0.2) is 0 Å². The van der Waals surface area contributed by atoms with Crippen molar-refractivity contribution in [1.29, 1.82) is 0 Å². The van der Waals surface area contributed by atoms with Crippen LogP contribution >= 0.6 is 0 Å². The van der Waals surface area contributed by atoms with E-state index in [-0.39, 0.29) is 0 Å². The average Bonchev–Trinajstić information content (AvgIpc) is 2.19. The van der Waals surface area contributed by atoms with E-state index in [4.69, 9.17) is 0 Å². The van der Waals surface area contributed by atoms with E-state index in [2.05, 4.69) is 23.4 Å². The zero-order valence-corrected chi connectivity index (χ0v) is 4.02. The molecular formula is C4H10N2+2. The third-order valence-corrected chi connectivity index (χ3v) is 1.06. The molecule has 1 rings (SSSR count). The maximum Gasteiger partial charge on any atom is 0.353 e. The first kappa shape index (κ1) is 3.81. The number of nitrogens with zero attached hydrogens (tertiary/aromatic N) is 1. The summed E-state index contributed by atoms with van der Waals surface area (Å²) in [4.78, 5) is 0. The molecule has 1 unspecified atom stereocenters. The summed E-state index contributed by atoms with van der Waals surface area (Å²) < 4.78 is 2.18. The lowest BCUT2D eigenvalue weighted by Gasteiger charge is -1.70. The number of hydrogen-bond acceptors (Lipinski definition) is 0. The Morgan fingerprint density at radius 3 is 2.50 bits per heavy atom. The van der Waals surface area contributed by atoms with E-state index in [1.807, 2.05) is 0 Å². The molecule has 6 heavy (non-hydrogen) atoms. The summed E-state index contributed by atoms with van der Waals surface area (Å²) >= 11 is 0. The Kier molecular flexibility index (Phi) is 0.665. The van der Waals surface area contributed by atoms with Crippen molar-refractivity contribution < 1.29 is 10.3 Å². The molecule has 2 heteroatoms. The van der Waals surface area contributed by atoms with Crippen LogP contribution in [0.15, 0.2) is 0 Å². The topological polar surface area (TPSA) is 30.6 Å². The number of rotatable bonds is 1. The Labute approximate surface area is 37.3 Å². The van der Waals surface area contributed by atoms with Gasteiger partial charge in [-0.25, -0.2) is 0 Å². The second-order valence-corrected chi connectivity index (χ2v) is 1.55. The van der Waals surface area contributed by atoms with Gasteiger partial charge < -0.3 is 0 Å². The predicted molar refractivity (Wildman–Crippen MR) is 23.5 cm³/mol. The standard InChI is InChI=1S/C4H9N2/c1-2-6-3-4(6)5/h3-4H,2,5H2,1H3/q+1/p+1. The van der Waals surface area contributed by atoms with Crippen molar-refractivity contribution in [3.8, 4) is 0 Å². The van der Waals surface area contributed by atoms with E-state index >= 15 is 0 Å². The first-order chi connectivity index (χ1) is 2.84. The van der Waals surface area contributed by atoms with Gasteiger partial charge in [-0.15, -0.1) is 0 Å². The lowest BCUT2D eigenvalue weighted by atomic mass is 10.7. The van der Waals surface area contributed by atoms with Crippen LogP contribution in [-0.2, 0) is 0 Å². The van der Waals surface area contributed by atoms with Gasteiger partial charge in [0, 0.05) is 0 Å². The molecule has 0 spiro atoms. The normalized spacial score (nSPS) is 29.7. The Hall–Kier alpha value is -0.370. The minimum absolute atomic E-state index is 0.523. The van der Waals surface area contributed by atoms with Crippen molar-refractivity contribution in [3.63, 3.8) is 0 Å². The smallest absolute Gasteiger partial charge is 0.291 e. The number of hydrogen-bond donors (Lipinski definition) is 1. The monoisotopic (exact) mass is 86.1 g/mol. The highest BCUT2D eigenvalue weighted by Crippen LogP contribution is 1.87. The second kappa shape index (κ2) is 1.05. The fourth-order valence-electron chi connectivity index (χ4n) is 0.522. The van der Waals surface area contributed by atoms with Crippen LogP contribution in [0.4, 0.5) is 0 Å². The van der Waals surface area contributed by atoms with Crippen LogP contribution < -0.4 is 5.73 Å². The zero-order valence-electron chi connectivity index (χ0n) is 4.02. The molecule has 3 N–H and O–H groups in total. The van der Waals surface area contributed by atoms with Crippen molar-refractivity contribution in [3.05, 3.63) is 0 Å². The van der Waals surface area contributed by atoms with Gasteiger partial charge in [0.05, 0.1) is 0 Å². The van der Waals surface area contributed by atoms with Gasteiger partial charge in [-0.1, -0.05) is 0 Å². The molecule has 0 aliphatic carbocycles. The summed E-state index contributed by atoms with van der Waals surface area (Å²) in [6.07, 6.45) is 2.63. The number of quaternary nitrogens is 1. The molecule has 2 nitrogen and oxygen atoms in total. The molecule has 0 aromatic rings. The predicted octanol–water partition coefficient (Wildman–Crippen LogP) is -1.33.